The SMILES string of the molecule is Cc1cc(C)c(C(O)c2c(Cl)cccc2Cl)cc1C. The van der Waals surface area contributed by atoms with Crippen LogP contribution < -0.4 is 0 Å². The van der Waals surface area contributed by atoms with E-state index >= 15 is 0 Å². The molecule has 2 aromatic rings. The Bertz CT molecular complexity index is 600. The smallest absolute Gasteiger partial charge is 0.107 e. The van der Waals surface area contributed by atoms with E-state index in [4.69, 9.17) is 23.2 Å². The van der Waals surface area contributed by atoms with Gasteiger partial charge in [0, 0.05) is 15.6 Å². The Morgan fingerprint density at radius 1 is 0.895 bits per heavy atom. The zero-order valence-corrected chi connectivity index (χ0v) is 12.7. The second-order valence-corrected chi connectivity index (χ2v) is 5.65. The number of rotatable bonds is 2. The molecule has 1 atom stereocenters. The van der Waals surface area contributed by atoms with Gasteiger partial charge in [-0.15, -0.1) is 0 Å². The molecule has 2 aromatic carbocycles. The van der Waals surface area contributed by atoms with Crippen LogP contribution >= 0.6 is 23.2 Å². The monoisotopic (exact) mass is 294 g/mol. The van der Waals surface area contributed by atoms with E-state index in [1.807, 2.05) is 19.9 Å². The summed E-state index contributed by atoms with van der Waals surface area (Å²) in [5, 5.41) is 11.5. The fourth-order valence-corrected chi connectivity index (χ4v) is 2.81. The topological polar surface area (TPSA) is 20.2 Å². The van der Waals surface area contributed by atoms with Gasteiger partial charge in [-0.2, -0.15) is 0 Å². The van der Waals surface area contributed by atoms with E-state index in [9.17, 15) is 5.11 Å². The van der Waals surface area contributed by atoms with Crippen LogP contribution in [0.15, 0.2) is 30.3 Å². The van der Waals surface area contributed by atoms with Crippen LogP contribution in [0.25, 0.3) is 0 Å². The second kappa shape index (κ2) is 5.54. The van der Waals surface area contributed by atoms with Crippen molar-refractivity contribution in [1.82, 2.24) is 0 Å². The highest BCUT2D eigenvalue weighted by molar-refractivity contribution is 6.36. The third-order valence-corrected chi connectivity index (χ3v) is 4.11. The van der Waals surface area contributed by atoms with Gasteiger partial charge >= 0.3 is 0 Å². The number of aliphatic hydroxyl groups is 1. The fraction of sp³-hybridized carbons (Fsp3) is 0.250. The Kier molecular flexibility index (Phi) is 4.19. The molecule has 0 aliphatic heterocycles. The van der Waals surface area contributed by atoms with Crippen molar-refractivity contribution in [3.8, 4) is 0 Å². The number of halogens is 2. The van der Waals surface area contributed by atoms with Crippen molar-refractivity contribution in [3.05, 3.63) is 68.2 Å². The molecule has 19 heavy (non-hydrogen) atoms. The molecule has 0 bridgehead atoms. The molecular formula is C16H16Cl2O. The lowest BCUT2D eigenvalue weighted by Gasteiger charge is -2.18. The standard InChI is InChI=1S/C16H16Cl2O/c1-9-7-11(3)12(8-10(9)2)16(19)15-13(17)5-4-6-14(15)18/h4-8,16,19H,1-3H3. The molecule has 0 radical (unpaired) electrons. The fourth-order valence-electron chi connectivity index (χ4n) is 2.20. The first-order chi connectivity index (χ1) is 8.91. The Balaban J connectivity index is 2.56. The van der Waals surface area contributed by atoms with Gasteiger partial charge in [-0.05, 0) is 55.2 Å². The molecule has 2 rings (SSSR count). The highest BCUT2D eigenvalue weighted by Gasteiger charge is 2.19. The first-order valence-electron chi connectivity index (χ1n) is 6.11. The molecule has 3 heteroatoms. The van der Waals surface area contributed by atoms with E-state index in [1.54, 1.807) is 18.2 Å². The highest BCUT2D eigenvalue weighted by atomic mass is 35.5. The summed E-state index contributed by atoms with van der Waals surface area (Å²) >= 11 is 12.3. The van der Waals surface area contributed by atoms with Gasteiger partial charge < -0.3 is 5.11 Å². The van der Waals surface area contributed by atoms with Gasteiger partial charge in [0.1, 0.15) is 6.10 Å². The van der Waals surface area contributed by atoms with Crippen LogP contribution in [0, 0.1) is 20.8 Å². The Morgan fingerprint density at radius 3 is 2.00 bits per heavy atom. The maximum absolute atomic E-state index is 10.6. The largest absolute Gasteiger partial charge is 0.384 e. The summed E-state index contributed by atoms with van der Waals surface area (Å²) in [5.74, 6) is 0. The van der Waals surface area contributed by atoms with Crippen LogP contribution in [-0.4, -0.2) is 5.11 Å². The number of aliphatic hydroxyl groups excluding tert-OH is 1. The third kappa shape index (κ3) is 2.79. The lowest BCUT2D eigenvalue weighted by Crippen LogP contribution is -2.05. The van der Waals surface area contributed by atoms with Crippen LogP contribution in [0.3, 0.4) is 0 Å². The van der Waals surface area contributed by atoms with Crippen LogP contribution in [0.5, 0.6) is 0 Å². The predicted octanol–water partition coefficient (Wildman–Crippen LogP) is 5.00. The molecule has 0 spiro atoms. The van der Waals surface area contributed by atoms with Gasteiger partial charge in [-0.25, -0.2) is 0 Å². The van der Waals surface area contributed by atoms with Gasteiger partial charge in [-0.1, -0.05) is 41.4 Å². The van der Waals surface area contributed by atoms with Crippen LogP contribution in [0.2, 0.25) is 10.0 Å². The van der Waals surface area contributed by atoms with Crippen molar-refractivity contribution in [1.29, 1.82) is 0 Å². The minimum atomic E-state index is -0.805. The molecular weight excluding hydrogens is 279 g/mol. The molecule has 0 saturated heterocycles. The summed E-state index contributed by atoms with van der Waals surface area (Å²) in [6.45, 7) is 6.07. The number of aryl methyl sites for hydroxylation is 3. The molecule has 100 valence electrons. The summed E-state index contributed by atoms with van der Waals surface area (Å²) in [7, 11) is 0. The zero-order valence-electron chi connectivity index (χ0n) is 11.2. The molecule has 0 aliphatic rings. The average molecular weight is 295 g/mol. The Labute approximate surface area is 123 Å². The van der Waals surface area contributed by atoms with Gasteiger partial charge in [0.05, 0.1) is 0 Å². The molecule has 0 aliphatic carbocycles. The molecule has 1 nitrogen and oxygen atoms in total. The van der Waals surface area contributed by atoms with E-state index in [2.05, 4.69) is 13.0 Å². The number of benzene rings is 2. The molecule has 0 aromatic heterocycles. The zero-order chi connectivity index (χ0) is 14.2. The lowest BCUT2D eigenvalue weighted by molar-refractivity contribution is 0.219. The van der Waals surface area contributed by atoms with Crippen molar-refractivity contribution in [2.75, 3.05) is 0 Å². The van der Waals surface area contributed by atoms with Crippen molar-refractivity contribution in [3.63, 3.8) is 0 Å². The summed E-state index contributed by atoms with van der Waals surface area (Å²) < 4.78 is 0. The maximum Gasteiger partial charge on any atom is 0.107 e. The first-order valence-corrected chi connectivity index (χ1v) is 6.87. The average Bonchev–Trinajstić information content (AvgIpc) is 2.33. The van der Waals surface area contributed by atoms with Crippen LogP contribution in [0.1, 0.15) is 33.9 Å². The molecule has 0 amide bonds. The summed E-state index contributed by atoms with van der Waals surface area (Å²) in [6.07, 6.45) is -0.805. The number of hydrogen-bond donors (Lipinski definition) is 1. The van der Waals surface area contributed by atoms with Gasteiger partial charge in [-0.3, -0.25) is 0 Å². The normalized spacial score (nSPS) is 12.5. The summed E-state index contributed by atoms with van der Waals surface area (Å²) in [5.41, 5.74) is 4.79. The molecule has 0 fully saturated rings. The van der Waals surface area contributed by atoms with Crippen LogP contribution in [0.4, 0.5) is 0 Å². The summed E-state index contributed by atoms with van der Waals surface area (Å²) in [4.78, 5) is 0. The molecule has 1 unspecified atom stereocenters. The molecule has 0 heterocycles. The van der Waals surface area contributed by atoms with E-state index in [1.165, 1.54) is 5.56 Å². The molecule has 1 N–H and O–H groups in total. The third-order valence-electron chi connectivity index (χ3n) is 3.45. The number of hydrogen-bond acceptors (Lipinski definition) is 1. The minimum Gasteiger partial charge on any atom is -0.384 e. The summed E-state index contributed by atoms with van der Waals surface area (Å²) in [6, 6.07) is 9.31. The first kappa shape index (κ1) is 14.4. The van der Waals surface area contributed by atoms with Crippen molar-refractivity contribution >= 4 is 23.2 Å². The van der Waals surface area contributed by atoms with Crippen molar-refractivity contribution in [2.24, 2.45) is 0 Å². The predicted molar refractivity (Wildman–Crippen MR) is 81.2 cm³/mol. The van der Waals surface area contributed by atoms with Crippen molar-refractivity contribution < 1.29 is 5.11 Å². The van der Waals surface area contributed by atoms with E-state index in [0.29, 0.717) is 15.6 Å². The van der Waals surface area contributed by atoms with E-state index < -0.39 is 6.10 Å². The van der Waals surface area contributed by atoms with Gasteiger partial charge in [0.25, 0.3) is 0 Å². The van der Waals surface area contributed by atoms with Gasteiger partial charge in [0.2, 0.25) is 0 Å². The lowest BCUT2D eigenvalue weighted by atomic mass is 9.93. The Hall–Kier alpha value is -1.02. The minimum absolute atomic E-state index is 0.484. The molecule has 0 saturated carbocycles. The highest BCUT2D eigenvalue weighted by Crippen LogP contribution is 2.35. The van der Waals surface area contributed by atoms with Crippen LogP contribution in [-0.2, 0) is 0 Å². The van der Waals surface area contributed by atoms with E-state index in [-0.39, 0.29) is 0 Å². The quantitative estimate of drug-likeness (QED) is 0.826. The Morgan fingerprint density at radius 2 is 1.42 bits per heavy atom. The second-order valence-electron chi connectivity index (χ2n) is 4.83. The van der Waals surface area contributed by atoms with Crippen molar-refractivity contribution in [2.45, 2.75) is 26.9 Å². The maximum atomic E-state index is 10.6. The van der Waals surface area contributed by atoms with E-state index in [0.717, 1.165) is 16.7 Å². The van der Waals surface area contributed by atoms with Gasteiger partial charge in [0.15, 0.2) is 0 Å².